The number of hydrogen-bond acceptors (Lipinski definition) is 4. The van der Waals surface area contributed by atoms with Gasteiger partial charge in [-0.25, -0.2) is 0 Å². The van der Waals surface area contributed by atoms with Crippen LogP contribution in [0.4, 0.5) is 0 Å². The van der Waals surface area contributed by atoms with E-state index < -0.39 is 0 Å². The van der Waals surface area contributed by atoms with Gasteiger partial charge in [-0.15, -0.1) is 0 Å². The second kappa shape index (κ2) is 6.89. The summed E-state index contributed by atoms with van der Waals surface area (Å²) in [7, 11) is 3.16. The van der Waals surface area contributed by atoms with Gasteiger partial charge in [-0.3, -0.25) is 0 Å². The van der Waals surface area contributed by atoms with Gasteiger partial charge in [-0.05, 0) is 31.9 Å². The number of ether oxygens (including phenoxy) is 3. The van der Waals surface area contributed by atoms with Gasteiger partial charge in [0, 0.05) is 6.42 Å². The van der Waals surface area contributed by atoms with Crippen molar-refractivity contribution in [3.63, 3.8) is 0 Å². The van der Waals surface area contributed by atoms with Gasteiger partial charge in [-0.1, -0.05) is 6.07 Å². The molecule has 0 heterocycles. The van der Waals surface area contributed by atoms with E-state index in [9.17, 15) is 4.79 Å². The van der Waals surface area contributed by atoms with Crippen LogP contribution in [-0.2, 0) is 11.2 Å². The molecule has 1 aromatic carbocycles. The van der Waals surface area contributed by atoms with E-state index in [1.807, 2.05) is 26.0 Å². The number of methoxy groups -OCH3 is 2. The highest BCUT2D eigenvalue weighted by Crippen LogP contribution is 2.40. The number of aryl methyl sites for hydroxylation is 1. The molecule has 0 aromatic heterocycles. The fourth-order valence-corrected chi connectivity index (χ4v) is 1.72. The summed E-state index contributed by atoms with van der Waals surface area (Å²) in [5.41, 5.74) is 0.952. The molecule has 0 bridgehead atoms. The molecule has 1 rings (SSSR count). The predicted octanol–water partition coefficient (Wildman–Crippen LogP) is 2.62. The Balaban J connectivity index is 3.19. The van der Waals surface area contributed by atoms with Crippen LogP contribution in [0.25, 0.3) is 0 Å². The monoisotopic (exact) mass is 252 g/mol. The van der Waals surface area contributed by atoms with Gasteiger partial charge in [0.15, 0.2) is 11.5 Å². The Kier molecular flexibility index (Phi) is 5.49. The molecule has 4 heteroatoms. The molecular formula is C14H20O4. The maximum atomic E-state index is 10.5. The predicted molar refractivity (Wildman–Crippen MR) is 69.7 cm³/mol. The Hall–Kier alpha value is -1.71. The van der Waals surface area contributed by atoms with Gasteiger partial charge in [0.25, 0.3) is 0 Å². The Labute approximate surface area is 108 Å². The zero-order valence-electron chi connectivity index (χ0n) is 11.4. The lowest BCUT2D eigenvalue weighted by molar-refractivity contribution is -0.107. The summed E-state index contributed by atoms with van der Waals surface area (Å²) in [6.07, 6.45) is 2.02. The summed E-state index contributed by atoms with van der Waals surface area (Å²) in [6, 6.07) is 3.73. The van der Waals surface area contributed by atoms with E-state index in [2.05, 4.69) is 0 Å². The number of carbonyl (C=O) groups excluding carboxylic acids is 1. The van der Waals surface area contributed by atoms with Gasteiger partial charge in [0.1, 0.15) is 6.29 Å². The number of benzene rings is 1. The van der Waals surface area contributed by atoms with Crippen molar-refractivity contribution >= 4 is 6.29 Å². The second-order valence-electron chi connectivity index (χ2n) is 4.16. The highest BCUT2D eigenvalue weighted by Gasteiger charge is 2.17. The standard InChI is InChI=1S/C14H20O4/c1-10(2)18-13-11(6-5-9-15)7-8-12(16-3)14(13)17-4/h7-10H,5-6H2,1-4H3. The molecule has 0 unspecified atom stereocenters. The quantitative estimate of drug-likeness (QED) is 0.700. The van der Waals surface area contributed by atoms with Crippen molar-refractivity contribution in [2.45, 2.75) is 32.8 Å². The molecule has 100 valence electrons. The minimum atomic E-state index is 0.0287. The first-order valence-electron chi connectivity index (χ1n) is 5.98. The summed E-state index contributed by atoms with van der Waals surface area (Å²) in [5.74, 6) is 1.87. The zero-order chi connectivity index (χ0) is 13.5. The Bertz CT molecular complexity index is 399. The van der Waals surface area contributed by atoms with E-state index in [4.69, 9.17) is 14.2 Å². The van der Waals surface area contributed by atoms with E-state index in [1.165, 1.54) is 0 Å². The third kappa shape index (κ3) is 3.39. The summed E-state index contributed by atoms with van der Waals surface area (Å²) in [4.78, 5) is 10.5. The van der Waals surface area contributed by atoms with Crippen LogP contribution in [-0.4, -0.2) is 26.6 Å². The Morgan fingerprint density at radius 3 is 2.39 bits per heavy atom. The zero-order valence-corrected chi connectivity index (χ0v) is 11.4. The molecule has 0 atom stereocenters. The first-order chi connectivity index (χ1) is 8.63. The summed E-state index contributed by atoms with van der Waals surface area (Å²) >= 11 is 0. The molecule has 0 saturated heterocycles. The van der Waals surface area contributed by atoms with Crippen molar-refractivity contribution in [1.29, 1.82) is 0 Å². The fraction of sp³-hybridized carbons (Fsp3) is 0.500. The van der Waals surface area contributed by atoms with Gasteiger partial charge in [0.2, 0.25) is 5.75 Å². The summed E-state index contributed by atoms with van der Waals surface area (Å²) < 4.78 is 16.4. The summed E-state index contributed by atoms with van der Waals surface area (Å²) in [6.45, 7) is 3.89. The molecule has 4 nitrogen and oxygen atoms in total. The van der Waals surface area contributed by atoms with E-state index in [0.717, 1.165) is 11.8 Å². The molecule has 0 spiro atoms. The average Bonchev–Trinajstić information content (AvgIpc) is 2.36. The van der Waals surface area contributed by atoms with Crippen LogP contribution in [0.2, 0.25) is 0 Å². The average molecular weight is 252 g/mol. The number of rotatable bonds is 7. The van der Waals surface area contributed by atoms with Gasteiger partial charge in [-0.2, -0.15) is 0 Å². The van der Waals surface area contributed by atoms with E-state index in [1.54, 1.807) is 14.2 Å². The minimum absolute atomic E-state index is 0.0287. The molecular weight excluding hydrogens is 232 g/mol. The van der Waals surface area contributed by atoms with E-state index in [-0.39, 0.29) is 6.10 Å². The lowest BCUT2D eigenvalue weighted by Crippen LogP contribution is -2.09. The molecule has 18 heavy (non-hydrogen) atoms. The maximum absolute atomic E-state index is 10.5. The molecule has 0 saturated carbocycles. The topological polar surface area (TPSA) is 44.8 Å². The third-order valence-electron chi connectivity index (χ3n) is 2.47. The van der Waals surface area contributed by atoms with Gasteiger partial charge >= 0.3 is 0 Å². The van der Waals surface area contributed by atoms with Crippen molar-refractivity contribution in [2.75, 3.05) is 14.2 Å². The largest absolute Gasteiger partial charge is 0.493 e. The highest BCUT2D eigenvalue weighted by molar-refractivity contribution is 5.57. The molecule has 0 radical (unpaired) electrons. The van der Waals surface area contributed by atoms with Crippen LogP contribution in [0, 0.1) is 0 Å². The lowest BCUT2D eigenvalue weighted by atomic mass is 10.1. The van der Waals surface area contributed by atoms with Crippen LogP contribution in [0.3, 0.4) is 0 Å². The first-order valence-corrected chi connectivity index (χ1v) is 5.98. The molecule has 0 amide bonds. The van der Waals surface area contributed by atoms with E-state index in [0.29, 0.717) is 30.1 Å². The SMILES string of the molecule is COc1ccc(CCC=O)c(OC(C)C)c1OC. The third-order valence-corrected chi connectivity index (χ3v) is 2.47. The molecule has 1 aromatic rings. The van der Waals surface area contributed by atoms with Crippen LogP contribution >= 0.6 is 0 Å². The van der Waals surface area contributed by atoms with Crippen LogP contribution in [0.5, 0.6) is 17.2 Å². The summed E-state index contributed by atoms with van der Waals surface area (Å²) in [5, 5.41) is 0. The fourth-order valence-electron chi connectivity index (χ4n) is 1.72. The molecule has 0 aliphatic rings. The van der Waals surface area contributed by atoms with Crippen molar-refractivity contribution in [3.8, 4) is 17.2 Å². The van der Waals surface area contributed by atoms with E-state index >= 15 is 0 Å². The number of carbonyl (C=O) groups is 1. The van der Waals surface area contributed by atoms with Crippen molar-refractivity contribution in [1.82, 2.24) is 0 Å². The van der Waals surface area contributed by atoms with Gasteiger partial charge in [0.05, 0.1) is 20.3 Å². The normalized spacial score (nSPS) is 10.3. The van der Waals surface area contributed by atoms with Gasteiger partial charge < -0.3 is 19.0 Å². The smallest absolute Gasteiger partial charge is 0.203 e. The van der Waals surface area contributed by atoms with Crippen LogP contribution in [0.15, 0.2) is 12.1 Å². The van der Waals surface area contributed by atoms with Crippen LogP contribution < -0.4 is 14.2 Å². The molecule has 0 aliphatic heterocycles. The molecule has 0 N–H and O–H groups in total. The second-order valence-corrected chi connectivity index (χ2v) is 4.16. The maximum Gasteiger partial charge on any atom is 0.203 e. The lowest BCUT2D eigenvalue weighted by Gasteiger charge is -2.19. The molecule has 0 fully saturated rings. The number of aldehydes is 1. The Morgan fingerprint density at radius 1 is 1.17 bits per heavy atom. The first kappa shape index (κ1) is 14.4. The Morgan fingerprint density at radius 2 is 1.89 bits per heavy atom. The molecule has 0 aliphatic carbocycles. The minimum Gasteiger partial charge on any atom is -0.493 e. The van der Waals surface area contributed by atoms with Crippen molar-refractivity contribution < 1.29 is 19.0 Å². The van der Waals surface area contributed by atoms with Crippen molar-refractivity contribution in [2.24, 2.45) is 0 Å². The highest BCUT2D eigenvalue weighted by atomic mass is 16.5. The van der Waals surface area contributed by atoms with Crippen LogP contribution in [0.1, 0.15) is 25.8 Å². The van der Waals surface area contributed by atoms with Crippen molar-refractivity contribution in [3.05, 3.63) is 17.7 Å². The number of hydrogen-bond donors (Lipinski definition) is 0.